The maximum absolute atomic E-state index is 12.8. The van der Waals surface area contributed by atoms with Crippen molar-refractivity contribution in [1.82, 2.24) is 4.90 Å². The third-order valence-corrected chi connectivity index (χ3v) is 2.92. The van der Waals surface area contributed by atoms with E-state index in [1.165, 1.54) is 43.3 Å². The number of halogens is 1. The zero-order valence-electron chi connectivity index (χ0n) is 10.9. The fourth-order valence-electron chi connectivity index (χ4n) is 1.43. The average Bonchev–Trinajstić information content (AvgIpc) is 2.36. The van der Waals surface area contributed by atoms with Gasteiger partial charge < -0.3 is 9.64 Å². The normalized spacial score (nSPS) is 10.9. The zero-order valence-corrected chi connectivity index (χ0v) is 10.9. The molecule has 0 aliphatic heterocycles. The molecule has 4 nitrogen and oxygen atoms in total. The van der Waals surface area contributed by atoms with Crippen molar-refractivity contribution in [2.75, 3.05) is 14.2 Å². The van der Waals surface area contributed by atoms with Gasteiger partial charge in [-0.15, -0.1) is 0 Å². The second kappa shape index (κ2) is 5.16. The number of hydrogen-bond acceptors (Lipinski definition) is 3. The molecule has 0 spiro atoms. The van der Waals surface area contributed by atoms with E-state index in [4.69, 9.17) is 0 Å². The summed E-state index contributed by atoms with van der Waals surface area (Å²) >= 11 is 0. The molecule has 1 amide bonds. The molecule has 0 aliphatic carbocycles. The molecular formula is C13H16FNO3. The van der Waals surface area contributed by atoms with Crippen molar-refractivity contribution >= 4 is 11.9 Å². The molecule has 0 fully saturated rings. The summed E-state index contributed by atoms with van der Waals surface area (Å²) < 4.78 is 17.4. The topological polar surface area (TPSA) is 46.6 Å². The highest BCUT2D eigenvalue weighted by atomic mass is 19.1. The minimum atomic E-state index is -1.08. The van der Waals surface area contributed by atoms with E-state index in [-0.39, 0.29) is 5.91 Å². The summed E-state index contributed by atoms with van der Waals surface area (Å²) in [5.41, 5.74) is -0.767. The molecule has 0 saturated heterocycles. The number of carbonyl (C=O) groups excluding carboxylic acids is 2. The molecule has 1 rings (SSSR count). The van der Waals surface area contributed by atoms with Gasteiger partial charge in [-0.1, -0.05) is 0 Å². The first kappa shape index (κ1) is 14.2. The first-order valence-corrected chi connectivity index (χ1v) is 5.43. The van der Waals surface area contributed by atoms with Crippen LogP contribution in [0.4, 0.5) is 4.39 Å². The molecule has 18 heavy (non-hydrogen) atoms. The van der Waals surface area contributed by atoms with Gasteiger partial charge in [0.2, 0.25) is 0 Å². The molecule has 1 aromatic rings. The van der Waals surface area contributed by atoms with E-state index in [0.717, 1.165) is 0 Å². The number of esters is 1. The Morgan fingerprint density at radius 2 is 1.72 bits per heavy atom. The van der Waals surface area contributed by atoms with Crippen LogP contribution < -0.4 is 0 Å². The molecule has 0 bridgehead atoms. The molecule has 0 unspecified atom stereocenters. The minimum Gasteiger partial charge on any atom is -0.467 e. The fourth-order valence-corrected chi connectivity index (χ4v) is 1.43. The highest BCUT2D eigenvalue weighted by Crippen LogP contribution is 2.17. The van der Waals surface area contributed by atoms with Gasteiger partial charge in [-0.2, -0.15) is 0 Å². The molecule has 0 heterocycles. The predicted octanol–water partition coefficient (Wildman–Crippen LogP) is 1.85. The van der Waals surface area contributed by atoms with Crippen molar-refractivity contribution in [3.63, 3.8) is 0 Å². The molecule has 0 atom stereocenters. The molecule has 0 aromatic heterocycles. The van der Waals surface area contributed by atoms with Crippen molar-refractivity contribution in [2.45, 2.75) is 19.4 Å². The van der Waals surface area contributed by atoms with Crippen LogP contribution in [0.25, 0.3) is 0 Å². The number of rotatable bonds is 3. The quantitative estimate of drug-likeness (QED) is 0.772. The minimum absolute atomic E-state index is 0.316. The Balaban J connectivity index is 2.97. The average molecular weight is 253 g/mol. The lowest BCUT2D eigenvalue weighted by molar-refractivity contribution is -0.150. The Morgan fingerprint density at radius 1 is 1.22 bits per heavy atom. The molecule has 5 heteroatoms. The number of amides is 1. The molecule has 0 saturated carbocycles. The van der Waals surface area contributed by atoms with E-state index in [1.54, 1.807) is 13.8 Å². The van der Waals surface area contributed by atoms with Gasteiger partial charge in [0.15, 0.2) is 0 Å². The number of ether oxygens (including phenoxy) is 1. The van der Waals surface area contributed by atoms with Gasteiger partial charge in [-0.25, -0.2) is 9.18 Å². The Kier molecular flexibility index (Phi) is 4.06. The van der Waals surface area contributed by atoms with Gasteiger partial charge >= 0.3 is 5.97 Å². The second-order valence-corrected chi connectivity index (χ2v) is 4.42. The lowest BCUT2D eigenvalue weighted by Gasteiger charge is -2.32. The van der Waals surface area contributed by atoms with E-state index < -0.39 is 17.3 Å². The van der Waals surface area contributed by atoms with Crippen LogP contribution in [-0.2, 0) is 9.53 Å². The van der Waals surface area contributed by atoms with Gasteiger partial charge in [0, 0.05) is 12.6 Å². The lowest BCUT2D eigenvalue weighted by atomic mass is 10.0. The van der Waals surface area contributed by atoms with E-state index >= 15 is 0 Å². The van der Waals surface area contributed by atoms with Gasteiger partial charge in [0.25, 0.3) is 5.91 Å². The van der Waals surface area contributed by atoms with Gasteiger partial charge in [-0.3, -0.25) is 4.79 Å². The van der Waals surface area contributed by atoms with Gasteiger partial charge in [0.05, 0.1) is 7.11 Å². The first-order chi connectivity index (χ1) is 8.30. The van der Waals surface area contributed by atoms with E-state index in [1.807, 2.05) is 0 Å². The van der Waals surface area contributed by atoms with E-state index in [0.29, 0.717) is 5.56 Å². The Labute approximate surface area is 105 Å². The van der Waals surface area contributed by atoms with Crippen LogP contribution in [0.3, 0.4) is 0 Å². The highest BCUT2D eigenvalue weighted by molar-refractivity contribution is 5.97. The number of benzene rings is 1. The first-order valence-electron chi connectivity index (χ1n) is 5.43. The van der Waals surface area contributed by atoms with Gasteiger partial charge in [0.1, 0.15) is 11.4 Å². The van der Waals surface area contributed by atoms with Crippen LogP contribution in [0.2, 0.25) is 0 Å². The zero-order chi connectivity index (χ0) is 13.9. The number of hydrogen-bond donors (Lipinski definition) is 0. The Hall–Kier alpha value is -1.91. The fraction of sp³-hybridized carbons (Fsp3) is 0.385. The standard InChI is InChI=1S/C13H16FNO3/c1-13(2,12(17)18-4)15(3)11(16)9-5-7-10(14)8-6-9/h5-8H,1-4H3. The molecule has 0 N–H and O–H groups in total. The third kappa shape index (κ3) is 2.67. The Bertz CT molecular complexity index is 454. The summed E-state index contributed by atoms with van der Waals surface area (Å²) in [7, 11) is 2.77. The number of nitrogens with zero attached hydrogens (tertiary/aromatic N) is 1. The number of methoxy groups -OCH3 is 1. The van der Waals surface area contributed by atoms with Crippen LogP contribution in [0.5, 0.6) is 0 Å². The highest BCUT2D eigenvalue weighted by Gasteiger charge is 2.36. The van der Waals surface area contributed by atoms with Crippen LogP contribution >= 0.6 is 0 Å². The monoisotopic (exact) mass is 253 g/mol. The van der Waals surface area contributed by atoms with Gasteiger partial charge in [-0.05, 0) is 38.1 Å². The van der Waals surface area contributed by atoms with Crippen LogP contribution in [0.15, 0.2) is 24.3 Å². The predicted molar refractivity (Wildman–Crippen MR) is 64.6 cm³/mol. The van der Waals surface area contributed by atoms with Crippen LogP contribution in [0.1, 0.15) is 24.2 Å². The summed E-state index contributed by atoms with van der Waals surface area (Å²) in [5, 5.41) is 0. The molecule has 0 radical (unpaired) electrons. The number of carbonyl (C=O) groups is 2. The van der Waals surface area contributed by atoms with Crippen LogP contribution in [-0.4, -0.2) is 36.5 Å². The maximum atomic E-state index is 12.8. The summed E-state index contributed by atoms with van der Waals surface area (Å²) in [5.74, 6) is -1.30. The third-order valence-electron chi connectivity index (χ3n) is 2.92. The largest absolute Gasteiger partial charge is 0.467 e. The van der Waals surface area contributed by atoms with Crippen molar-refractivity contribution in [3.05, 3.63) is 35.6 Å². The molecule has 0 aliphatic rings. The molecule has 1 aromatic carbocycles. The smallest absolute Gasteiger partial charge is 0.331 e. The summed E-state index contributed by atoms with van der Waals surface area (Å²) in [6.45, 7) is 3.17. The second-order valence-electron chi connectivity index (χ2n) is 4.42. The summed E-state index contributed by atoms with van der Waals surface area (Å²) in [4.78, 5) is 25.0. The van der Waals surface area contributed by atoms with Crippen molar-refractivity contribution in [1.29, 1.82) is 0 Å². The number of likely N-dealkylation sites (N-methyl/N-ethyl adjacent to an activating group) is 1. The van der Waals surface area contributed by atoms with E-state index in [2.05, 4.69) is 4.74 Å². The maximum Gasteiger partial charge on any atom is 0.331 e. The van der Waals surface area contributed by atoms with E-state index in [9.17, 15) is 14.0 Å². The lowest BCUT2D eigenvalue weighted by Crippen LogP contribution is -2.51. The Morgan fingerprint density at radius 3 is 2.17 bits per heavy atom. The van der Waals surface area contributed by atoms with Crippen molar-refractivity contribution in [2.24, 2.45) is 0 Å². The molecule has 98 valence electrons. The van der Waals surface area contributed by atoms with Crippen LogP contribution in [0, 0.1) is 5.82 Å². The molecular weight excluding hydrogens is 237 g/mol. The SMILES string of the molecule is COC(=O)C(C)(C)N(C)C(=O)c1ccc(F)cc1. The summed E-state index contributed by atoms with van der Waals surface area (Å²) in [6, 6.07) is 5.15. The summed E-state index contributed by atoms with van der Waals surface area (Å²) in [6.07, 6.45) is 0. The van der Waals surface area contributed by atoms with Crippen molar-refractivity contribution in [3.8, 4) is 0 Å². The van der Waals surface area contributed by atoms with Crippen molar-refractivity contribution < 1.29 is 18.7 Å².